The molecule has 1 atom stereocenters. The molecular formula is C10H11N3O4S2. The minimum absolute atomic E-state index is 0.119. The monoisotopic (exact) mass is 301 g/mol. The minimum Gasteiger partial charge on any atom is -0.480 e. The normalized spacial score (nSPS) is 13.3. The molecule has 0 radical (unpaired) electrons. The first-order valence-electron chi connectivity index (χ1n) is 5.20. The molecule has 102 valence electrons. The number of hydrogen-bond acceptors (Lipinski definition) is 6. The van der Waals surface area contributed by atoms with Gasteiger partial charge in [-0.1, -0.05) is 11.3 Å². The second kappa shape index (κ2) is 4.67. The standard InChI is InChI=1S/C10H11N3O4S2/c1-5(9(14)15)19(16,17)13-10-12-7-3-2-6(11)4-8(7)18-10/h2-5H,11H2,1H3,(H,12,13)(H,14,15). The number of carbonyl (C=O) groups is 1. The van der Waals surface area contributed by atoms with E-state index in [0.717, 1.165) is 23.0 Å². The summed E-state index contributed by atoms with van der Waals surface area (Å²) in [4.78, 5) is 14.8. The number of hydrogen-bond donors (Lipinski definition) is 3. The van der Waals surface area contributed by atoms with Crippen molar-refractivity contribution in [2.75, 3.05) is 10.5 Å². The van der Waals surface area contributed by atoms with E-state index in [-0.39, 0.29) is 5.13 Å². The van der Waals surface area contributed by atoms with E-state index in [1.807, 2.05) is 0 Å². The van der Waals surface area contributed by atoms with Crippen LogP contribution in [0.4, 0.5) is 10.8 Å². The van der Waals surface area contributed by atoms with Crippen LogP contribution in [0, 0.1) is 0 Å². The van der Waals surface area contributed by atoms with E-state index >= 15 is 0 Å². The van der Waals surface area contributed by atoms with Gasteiger partial charge in [0, 0.05) is 5.69 Å². The van der Waals surface area contributed by atoms with Gasteiger partial charge >= 0.3 is 5.97 Å². The van der Waals surface area contributed by atoms with Crippen LogP contribution in [0.1, 0.15) is 6.92 Å². The SMILES string of the molecule is CC(C(=O)O)S(=O)(=O)Nc1nc2ccc(N)cc2s1. The van der Waals surface area contributed by atoms with Crippen LogP contribution in [0.3, 0.4) is 0 Å². The van der Waals surface area contributed by atoms with Crippen LogP contribution in [0.2, 0.25) is 0 Å². The molecule has 1 aromatic carbocycles. The maximum Gasteiger partial charge on any atom is 0.323 e. The fraction of sp³-hybridized carbons (Fsp3) is 0.200. The molecule has 0 fully saturated rings. The Morgan fingerprint density at radius 2 is 2.21 bits per heavy atom. The molecule has 0 saturated carbocycles. The Morgan fingerprint density at radius 1 is 1.53 bits per heavy atom. The highest BCUT2D eigenvalue weighted by Gasteiger charge is 2.28. The smallest absolute Gasteiger partial charge is 0.323 e. The number of aromatic nitrogens is 1. The van der Waals surface area contributed by atoms with Gasteiger partial charge in [-0.3, -0.25) is 9.52 Å². The van der Waals surface area contributed by atoms with Crippen LogP contribution in [0.5, 0.6) is 0 Å². The minimum atomic E-state index is -4.00. The van der Waals surface area contributed by atoms with Gasteiger partial charge in [0.1, 0.15) is 0 Å². The molecule has 0 saturated heterocycles. The molecule has 0 spiro atoms. The molecule has 1 heterocycles. The Morgan fingerprint density at radius 3 is 2.84 bits per heavy atom. The van der Waals surface area contributed by atoms with Crippen molar-refractivity contribution in [3.63, 3.8) is 0 Å². The van der Waals surface area contributed by atoms with Crippen LogP contribution >= 0.6 is 11.3 Å². The van der Waals surface area contributed by atoms with Crippen molar-refractivity contribution in [3.05, 3.63) is 18.2 Å². The highest BCUT2D eigenvalue weighted by Crippen LogP contribution is 2.28. The number of nitrogens with zero attached hydrogens (tertiary/aromatic N) is 1. The Labute approximate surface area is 113 Å². The van der Waals surface area contributed by atoms with E-state index in [9.17, 15) is 13.2 Å². The van der Waals surface area contributed by atoms with Gasteiger partial charge in [0.2, 0.25) is 10.0 Å². The molecule has 2 aromatic rings. The van der Waals surface area contributed by atoms with Gasteiger partial charge in [0.25, 0.3) is 0 Å². The summed E-state index contributed by atoms with van der Waals surface area (Å²) in [6, 6.07) is 4.99. The molecule has 19 heavy (non-hydrogen) atoms. The summed E-state index contributed by atoms with van der Waals surface area (Å²) in [5.41, 5.74) is 6.75. The van der Waals surface area contributed by atoms with Gasteiger partial charge in [0.15, 0.2) is 10.4 Å². The summed E-state index contributed by atoms with van der Waals surface area (Å²) in [5.74, 6) is -1.42. The van der Waals surface area contributed by atoms with Crippen molar-refractivity contribution in [1.82, 2.24) is 4.98 Å². The zero-order valence-electron chi connectivity index (χ0n) is 9.82. The van der Waals surface area contributed by atoms with Crippen molar-refractivity contribution in [2.24, 2.45) is 0 Å². The molecule has 0 aliphatic heterocycles. The van der Waals surface area contributed by atoms with Gasteiger partial charge in [-0.25, -0.2) is 13.4 Å². The second-order valence-corrected chi connectivity index (χ2v) is 6.91. The van der Waals surface area contributed by atoms with Crippen LogP contribution in [-0.4, -0.2) is 29.7 Å². The van der Waals surface area contributed by atoms with Gasteiger partial charge in [0.05, 0.1) is 10.2 Å². The molecule has 0 amide bonds. The molecular weight excluding hydrogens is 290 g/mol. The van der Waals surface area contributed by atoms with Crippen LogP contribution in [0.15, 0.2) is 18.2 Å². The molecule has 1 aromatic heterocycles. The van der Waals surface area contributed by atoms with Gasteiger partial charge in [-0.05, 0) is 25.1 Å². The summed E-state index contributed by atoms with van der Waals surface area (Å²) in [6.45, 7) is 1.09. The van der Waals surface area contributed by atoms with Crippen LogP contribution in [-0.2, 0) is 14.8 Å². The molecule has 7 nitrogen and oxygen atoms in total. The molecule has 2 rings (SSSR count). The maximum absolute atomic E-state index is 11.7. The van der Waals surface area contributed by atoms with Crippen molar-refractivity contribution >= 4 is 48.4 Å². The highest BCUT2D eigenvalue weighted by molar-refractivity contribution is 7.94. The zero-order chi connectivity index (χ0) is 14.2. The number of rotatable bonds is 4. The first-order valence-corrected chi connectivity index (χ1v) is 7.56. The Balaban J connectivity index is 2.34. The molecule has 4 N–H and O–H groups in total. The van der Waals surface area contributed by atoms with Gasteiger partial charge < -0.3 is 10.8 Å². The predicted molar refractivity (Wildman–Crippen MR) is 73.7 cm³/mol. The van der Waals surface area contributed by atoms with E-state index in [1.54, 1.807) is 18.2 Å². The first-order chi connectivity index (χ1) is 8.79. The topological polar surface area (TPSA) is 122 Å². The third-order valence-electron chi connectivity index (χ3n) is 2.46. The Bertz CT molecular complexity index is 738. The Kier molecular flexibility index (Phi) is 3.33. The fourth-order valence-electron chi connectivity index (χ4n) is 1.33. The van der Waals surface area contributed by atoms with Crippen molar-refractivity contribution in [3.8, 4) is 0 Å². The number of nitrogens with two attached hydrogens (primary N) is 1. The van der Waals surface area contributed by atoms with Gasteiger partial charge in [-0.2, -0.15) is 0 Å². The van der Waals surface area contributed by atoms with E-state index in [2.05, 4.69) is 9.71 Å². The molecule has 9 heteroatoms. The average molecular weight is 301 g/mol. The van der Waals surface area contributed by atoms with E-state index < -0.39 is 21.2 Å². The largest absolute Gasteiger partial charge is 0.480 e. The van der Waals surface area contributed by atoms with E-state index in [0.29, 0.717) is 11.2 Å². The molecule has 1 unspecified atom stereocenters. The van der Waals surface area contributed by atoms with Gasteiger partial charge in [-0.15, -0.1) is 0 Å². The quantitative estimate of drug-likeness (QED) is 0.727. The Hall–Kier alpha value is -1.87. The third kappa shape index (κ3) is 2.76. The number of nitrogens with one attached hydrogen (secondary N) is 1. The lowest BCUT2D eigenvalue weighted by atomic mass is 10.3. The summed E-state index contributed by atoms with van der Waals surface area (Å²) in [5, 5.41) is 7.29. The lowest BCUT2D eigenvalue weighted by Crippen LogP contribution is -2.31. The van der Waals surface area contributed by atoms with E-state index in [1.165, 1.54) is 0 Å². The van der Waals surface area contributed by atoms with Crippen molar-refractivity contribution < 1.29 is 18.3 Å². The van der Waals surface area contributed by atoms with Crippen molar-refractivity contribution in [2.45, 2.75) is 12.2 Å². The van der Waals surface area contributed by atoms with Crippen LogP contribution in [0.25, 0.3) is 10.2 Å². The molecule has 0 aliphatic carbocycles. The molecule has 0 bridgehead atoms. The summed E-state index contributed by atoms with van der Waals surface area (Å²) < 4.78 is 26.4. The first kappa shape index (κ1) is 13.6. The number of sulfonamides is 1. The third-order valence-corrected chi connectivity index (χ3v) is 5.13. The number of fused-ring (bicyclic) bond motifs is 1. The van der Waals surface area contributed by atoms with Crippen LogP contribution < -0.4 is 10.5 Å². The predicted octanol–water partition coefficient (Wildman–Crippen LogP) is 1.09. The summed E-state index contributed by atoms with van der Waals surface area (Å²) in [7, 11) is -4.00. The lowest BCUT2D eigenvalue weighted by Gasteiger charge is -2.08. The number of thiazole rings is 1. The average Bonchev–Trinajstić information content (AvgIpc) is 2.68. The summed E-state index contributed by atoms with van der Waals surface area (Å²) >= 11 is 1.09. The summed E-state index contributed by atoms with van der Waals surface area (Å²) in [6.07, 6.45) is 0. The van der Waals surface area contributed by atoms with Crippen molar-refractivity contribution in [1.29, 1.82) is 0 Å². The number of nitrogen functional groups attached to an aromatic ring is 1. The fourth-order valence-corrected chi connectivity index (χ4v) is 3.34. The zero-order valence-corrected chi connectivity index (χ0v) is 11.5. The highest BCUT2D eigenvalue weighted by atomic mass is 32.2. The number of carboxylic acid groups (broad SMARTS) is 1. The number of carboxylic acids is 1. The molecule has 0 aliphatic rings. The van der Waals surface area contributed by atoms with E-state index in [4.69, 9.17) is 10.8 Å². The second-order valence-electron chi connectivity index (χ2n) is 3.87. The number of aliphatic carboxylic acids is 1. The number of benzene rings is 1. The maximum atomic E-state index is 11.7. The lowest BCUT2D eigenvalue weighted by molar-refractivity contribution is -0.136. The number of anilines is 2.